The summed E-state index contributed by atoms with van der Waals surface area (Å²) >= 11 is 0. The fraction of sp³-hybridized carbons (Fsp3) is 0.444. The van der Waals surface area contributed by atoms with Gasteiger partial charge in [0.05, 0.1) is 12.7 Å². The Balaban J connectivity index is 2.49. The fourth-order valence-electron chi connectivity index (χ4n) is 1.07. The van der Waals surface area contributed by atoms with Gasteiger partial charge in [-0.3, -0.25) is 9.59 Å². The van der Waals surface area contributed by atoms with Gasteiger partial charge in [0.1, 0.15) is 12.4 Å². The molecule has 0 aromatic carbocycles. The van der Waals surface area contributed by atoms with Crippen molar-refractivity contribution in [3.63, 3.8) is 0 Å². The Hall–Kier alpha value is -1.85. The van der Waals surface area contributed by atoms with Crippen molar-refractivity contribution in [1.29, 1.82) is 0 Å². The predicted molar refractivity (Wildman–Crippen MR) is 53.2 cm³/mol. The van der Waals surface area contributed by atoms with E-state index in [2.05, 4.69) is 10.4 Å². The monoisotopic (exact) mass is 211 g/mol. The number of nitrogens with zero attached hydrogens (tertiary/aromatic N) is 2. The molecule has 1 aromatic rings. The number of carbonyl (C=O) groups excluding carboxylic acids is 2. The van der Waals surface area contributed by atoms with Crippen LogP contribution in [0.15, 0.2) is 12.3 Å². The topological polar surface area (TPSA) is 73.2 Å². The smallest absolute Gasteiger partial charge is 0.302 e. The lowest BCUT2D eigenvalue weighted by atomic mass is 10.5. The van der Waals surface area contributed by atoms with Gasteiger partial charge in [0.2, 0.25) is 5.91 Å². The van der Waals surface area contributed by atoms with Crippen LogP contribution in [0.4, 0.5) is 5.82 Å². The molecule has 6 nitrogen and oxygen atoms in total. The highest BCUT2D eigenvalue weighted by atomic mass is 16.5. The molecule has 0 aliphatic heterocycles. The number of hydrogen-bond acceptors (Lipinski definition) is 4. The van der Waals surface area contributed by atoms with Gasteiger partial charge >= 0.3 is 5.97 Å². The molecule has 1 N–H and O–H groups in total. The number of nitrogens with one attached hydrogen (secondary N) is 1. The molecular formula is C9H13N3O3. The zero-order chi connectivity index (χ0) is 11.3. The van der Waals surface area contributed by atoms with Crippen LogP contribution in [0.25, 0.3) is 0 Å². The first-order valence-corrected chi connectivity index (χ1v) is 4.52. The normalized spacial score (nSPS) is 9.73. The summed E-state index contributed by atoms with van der Waals surface area (Å²) in [5, 5.41) is 6.59. The first-order valence-electron chi connectivity index (χ1n) is 4.52. The van der Waals surface area contributed by atoms with Crippen LogP contribution in [-0.2, 0) is 20.9 Å². The Morgan fingerprint density at radius 2 is 2.27 bits per heavy atom. The van der Waals surface area contributed by atoms with Crippen LogP contribution in [0.3, 0.4) is 0 Å². The number of rotatable bonds is 4. The van der Waals surface area contributed by atoms with Gasteiger partial charge in [0.25, 0.3) is 0 Å². The maximum Gasteiger partial charge on any atom is 0.302 e. The van der Waals surface area contributed by atoms with Crippen LogP contribution in [-0.4, -0.2) is 28.3 Å². The van der Waals surface area contributed by atoms with E-state index in [9.17, 15) is 9.59 Å². The van der Waals surface area contributed by atoms with Crippen LogP contribution in [0, 0.1) is 0 Å². The molecule has 1 rings (SSSR count). The van der Waals surface area contributed by atoms with Crippen LogP contribution in [0.5, 0.6) is 0 Å². The summed E-state index contributed by atoms with van der Waals surface area (Å²) in [7, 11) is 0. The van der Waals surface area contributed by atoms with Gasteiger partial charge in [0.15, 0.2) is 0 Å². The van der Waals surface area contributed by atoms with Gasteiger partial charge in [-0.05, 0) is 0 Å². The molecule has 0 aliphatic rings. The van der Waals surface area contributed by atoms with Gasteiger partial charge < -0.3 is 10.1 Å². The third-order valence-corrected chi connectivity index (χ3v) is 1.63. The number of hydrogen-bond donors (Lipinski definition) is 1. The Labute approximate surface area is 87.2 Å². The zero-order valence-corrected chi connectivity index (χ0v) is 8.69. The first-order chi connectivity index (χ1) is 7.09. The van der Waals surface area contributed by atoms with E-state index in [1.54, 1.807) is 16.9 Å². The van der Waals surface area contributed by atoms with Crippen molar-refractivity contribution in [2.24, 2.45) is 0 Å². The van der Waals surface area contributed by atoms with Crippen molar-refractivity contribution in [1.82, 2.24) is 9.78 Å². The van der Waals surface area contributed by atoms with Crippen molar-refractivity contribution < 1.29 is 14.3 Å². The number of aromatic nitrogens is 2. The summed E-state index contributed by atoms with van der Waals surface area (Å²) in [6, 6.07) is 1.68. The summed E-state index contributed by atoms with van der Waals surface area (Å²) in [5.74, 6) is 0.0992. The van der Waals surface area contributed by atoms with Crippen molar-refractivity contribution in [3.05, 3.63) is 12.3 Å². The largest absolute Gasteiger partial charge is 0.464 e. The second-order valence-electron chi connectivity index (χ2n) is 2.96. The number of amides is 1. The van der Waals surface area contributed by atoms with Gasteiger partial charge in [-0.1, -0.05) is 0 Å². The van der Waals surface area contributed by atoms with Crippen molar-refractivity contribution in [3.8, 4) is 0 Å². The Kier molecular flexibility index (Phi) is 3.84. The van der Waals surface area contributed by atoms with Crippen LogP contribution in [0.1, 0.15) is 13.8 Å². The first kappa shape index (κ1) is 11.2. The molecule has 1 aromatic heterocycles. The summed E-state index contributed by atoms with van der Waals surface area (Å²) in [5.41, 5.74) is 0. The highest BCUT2D eigenvalue weighted by Crippen LogP contribution is 2.05. The second-order valence-corrected chi connectivity index (χ2v) is 2.96. The van der Waals surface area contributed by atoms with Gasteiger partial charge in [0, 0.05) is 19.9 Å². The highest BCUT2D eigenvalue weighted by Gasteiger charge is 2.03. The maximum absolute atomic E-state index is 10.8. The number of carbonyl (C=O) groups is 2. The minimum Gasteiger partial charge on any atom is -0.464 e. The van der Waals surface area contributed by atoms with E-state index >= 15 is 0 Å². The number of ether oxygens (including phenoxy) is 1. The molecule has 0 spiro atoms. The average molecular weight is 211 g/mol. The van der Waals surface area contributed by atoms with E-state index in [1.165, 1.54) is 13.8 Å². The molecule has 0 bridgehead atoms. The number of esters is 1. The molecule has 1 amide bonds. The van der Waals surface area contributed by atoms with E-state index in [0.717, 1.165) is 0 Å². The van der Waals surface area contributed by atoms with Crippen LogP contribution < -0.4 is 5.32 Å². The fourth-order valence-corrected chi connectivity index (χ4v) is 1.07. The Morgan fingerprint density at radius 1 is 1.53 bits per heavy atom. The van der Waals surface area contributed by atoms with Gasteiger partial charge in [-0.2, -0.15) is 5.10 Å². The SMILES string of the molecule is CC(=O)Nc1ccnn1CCOC(C)=O. The average Bonchev–Trinajstić information content (AvgIpc) is 2.51. The minimum absolute atomic E-state index is 0.163. The Morgan fingerprint density at radius 3 is 2.87 bits per heavy atom. The molecule has 0 atom stereocenters. The van der Waals surface area contributed by atoms with Crippen LogP contribution >= 0.6 is 0 Å². The Bertz CT molecular complexity index is 359. The molecule has 6 heteroatoms. The van der Waals surface area contributed by atoms with Crippen molar-refractivity contribution >= 4 is 17.7 Å². The quantitative estimate of drug-likeness (QED) is 0.732. The number of anilines is 1. The highest BCUT2D eigenvalue weighted by molar-refractivity contribution is 5.87. The van der Waals surface area contributed by atoms with Crippen LogP contribution in [0.2, 0.25) is 0 Å². The van der Waals surface area contributed by atoms with E-state index in [0.29, 0.717) is 12.4 Å². The minimum atomic E-state index is -0.330. The summed E-state index contributed by atoms with van der Waals surface area (Å²) in [6.45, 7) is 3.42. The van der Waals surface area contributed by atoms with E-state index in [1.807, 2.05) is 0 Å². The summed E-state index contributed by atoms with van der Waals surface area (Å²) < 4.78 is 6.32. The van der Waals surface area contributed by atoms with Crippen molar-refractivity contribution in [2.75, 3.05) is 11.9 Å². The predicted octanol–water partition coefficient (Wildman–Crippen LogP) is 0.405. The third-order valence-electron chi connectivity index (χ3n) is 1.63. The zero-order valence-electron chi connectivity index (χ0n) is 8.69. The molecule has 0 unspecified atom stereocenters. The maximum atomic E-state index is 10.8. The second kappa shape index (κ2) is 5.14. The third kappa shape index (κ3) is 3.80. The molecule has 0 aliphatic carbocycles. The molecule has 0 saturated carbocycles. The molecule has 0 saturated heterocycles. The molecule has 1 heterocycles. The van der Waals surface area contributed by atoms with Gasteiger partial charge in [-0.15, -0.1) is 0 Å². The lowest BCUT2D eigenvalue weighted by Gasteiger charge is -2.07. The molecule has 82 valence electrons. The lowest BCUT2D eigenvalue weighted by molar-refractivity contribution is -0.141. The van der Waals surface area contributed by atoms with Crippen molar-refractivity contribution in [2.45, 2.75) is 20.4 Å². The molecule has 0 fully saturated rings. The molecular weight excluding hydrogens is 198 g/mol. The van der Waals surface area contributed by atoms with E-state index < -0.39 is 0 Å². The van der Waals surface area contributed by atoms with E-state index in [4.69, 9.17) is 4.74 Å². The standard InChI is InChI=1S/C9H13N3O3/c1-7(13)11-9-3-4-10-12(9)5-6-15-8(2)14/h3-4H,5-6H2,1-2H3,(H,11,13). The van der Waals surface area contributed by atoms with Gasteiger partial charge in [-0.25, -0.2) is 4.68 Å². The summed E-state index contributed by atoms with van der Waals surface area (Å²) in [6.07, 6.45) is 1.57. The molecule has 0 radical (unpaired) electrons. The summed E-state index contributed by atoms with van der Waals surface area (Å²) in [4.78, 5) is 21.3. The molecule has 15 heavy (non-hydrogen) atoms. The van der Waals surface area contributed by atoms with E-state index in [-0.39, 0.29) is 18.5 Å². The lowest BCUT2D eigenvalue weighted by Crippen LogP contribution is -2.15.